The van der Waals surface area contributed by atoms with Gasteiger partial charge in [-0.2, -0.15) is 0 Å². The average Bonchev–Trinajstić information content (AvgIpc) is 2.79. The first-order chi connectivity index (χ1) is 14.8. The molecule has 7 nitrogen and oxygen atoms in total. The van der Waals surface area contributed by atoms with Crippen molar-refractivity contribution in [3.8, 4) is 11.5 Å². The number of benzene rings is 2. The zero-order valence-electron chi connectivity index (χ0n) is 17.0. The third-order valence-electron chi connectivity index (χ3n) is 4.34. The van der Waals surface area contributed by atoms with Crippen LogP contribution in [0.1, 0.15) is 10.4 Å². The summed E-state index contributed by atoms with van der Waals surface area (Å²) in [4.78, 5) is 13.0. The molecule has 30 heavy (non-hydrogen) atoms. The van der Waals surface area contributed by atoms with Gasteiger partial charge in [-0.1, -0.05) is 42.5 Å². The average molecular weight is 416 g/mol. The number of ether oxygens (including phenoxy) is 6. The number of hydrogen-bond donors (Lipinski definition) is 0. The van der Waals surface area contributed by atoms with E-state index in [2.05, 4.69) is 0 Å². The van der Waals surface area contributed by atoms with Crippen LogP contribution in [0.3, 0.4) is 0 Å². The van der Waals surface area contributed by atoms with Crippen molar-refractivity contribution in [2.45, 2.75) is 6.10 Å². The lowest BCUT2D eigenvalue weighted by atomic mass is 10.1. The van der Waals surface area contributed by atoms with Gasteiger partial charge in [-0.3, -0.25) is 4.79 Å². The maximum absolute atomic E-state index is 13.0. The van der Waals surface area contributed by atoms with Gasteiger partial charge in [-0.25, -0.2) is 0 Å². The highest BCUT2D eigenvalue weighted by molar-refractivity contribution is 5.99. The molecule has 1 unspecified atom stereocenters. The van der Waals surface area contributed by atoms with Crippen LogP contribution in [0, 0.1) is 0 Å². The van der Waals surface area contributed by atoms with Crippen molar-refractivity contribution in [1.82, 2.24) is 0 Å². The van der Waals surface area contributed by atoms with Crippen molar-refractivity contribution in [2.75, 3.05) is 59.5 Å². The van der Waals surface area contributed by atoms with Crippen LogP contribution in [-0.4, -0.2) is 71.3 Å². The molecule has 0 fully saturated rings. The zero-order chi connectivity index (χ0) is 20.9. The summed E-state index contributed by atoms with van der Waals surface area (Å²) in [5.74, 6) is 0.876. The Morgan fingerprint density at radius 3 is 1.83 bits per heavy atom. The summed E-state index contributed by atoms with van der Waals surface area (Å²) in [6.07, 6.45) is -0.810. The first-order valence-electron chi connectivity index (χ1n) is 10.1. The summed E-state index contributed by atoms with van der Waals surface area (Å²) >= 11 is 0. The fourth-order valence-corrected chi connectivity index (χ4v) is 2.83. The lowest BCUT2D eigenvalue weighted by molar-refractivity contribution is -0.0148. The molecular weight excluding hydrogens is 388 g/mol. The van der Waals surface area contributed by atoms with Crippen LogP contribution in [-0.2, 0) is 18.9 Å². The summed E-state index contributed by atoms with van der Waals surface area (Å²) in [7, 11) is 0. The number of rotatable bonds is 2. The molecule has 1 heterocycles. The van der Waals surface area contributed by atoms with E-state index < -0.39 is 6.10 Å². The summed E-state index contributed by atoms with van der Waals surface area (Å²) in [6, 6.07) is 16.3. The number of carbonyl (C=O) groups excluding carboxylic acids is 1. The monoisotopic (exact) mass is 416 g/mol. The number of ketones is 1. The van der Waals surface area contributed by atoms with E-state index in [1.807, 2.05) is 30.3 Å². The highest BCUT2D eigenvalue weighted by atomic mass is 16.6. The Hall–Kier alpha value is -2.45. The van der Waals surface area contributed by atoms with E-state index in [9.17, 15) is 4.79 Å². The zero-order valence-corrected chi connectivity index (χ0v) is 17.0. The van der Waals surface area contributed by atoms with Gasteiger partial charge >= 0.3 is 0 Å². The molecule has 0 bridgehead atoms. The van der Waals surface area contributed by atoms with E-state index >= 15 is 0 Å². The third-order valence-corrected chi connectivity index (χ3v) is 4.34. The molecule has 0 amide bonds. The highest BCUT2D eigenvalue weighted by Crippen LogP contribution is 2.28. The second-order valence-corrected chi connectivity index (χ2v) is 6.54. The van der Waals surface area contributed by atoms with E-state index in [1.165, 1.54) is 0 Å². The smallest absolute Gasteiger partial charge is 0.205 e. The van der Waals surface area contributed by atoms with Crippen LogP contribution >= 0.6 is 0 Å². The maximum atomic E-state index is 13.0. The number of fused-ring (bicyclic) bond motifs is 1. The quantitative estimate of drug-likeness (QED) is 0.697. The van der Waals surface area contributed by atoms with Crippen LogP contribution in [0.2, 0.25) is 0 Å². The first-order valence-corrected chi connectivity index (χ1v) is 10.1. The van der Waals surface area contributed by atoms with Gasteiger partial charge in [0.05, 0.1) is 52.9 Å². The molecule has 0 N–H and O–H groups in total. The van der Waals surface area contributed by atoms with Gasteiger partial charge in [0, 0.05) is 5.56 Å². The molecule has 3 rings (SSSR count). The molecule has 0 spiro atoms. The molecule has 1 aliphatic rings. The van der Waals surface area contributed by atoms with Crippen molar-refractivity contribution in [1.29, 1.82) is 0 Å². The minimum absolute atomic E-state index is 0.102. The predicted molar refractivity (Wildman–Crippen MR) is 110 cm³/mol. The number of para-hydroxylation sites is 2. The van der Waals surface area contributed by atoms with Crippen LogP contribution in [0.5, 0.6) is 11.5 Å². The van der Waals surface area contributed by atoms with Crippen molar-refractivity contribution in [3.05, 3.63) is 60.2 Å². The molecule has 2 aromatic carbocycles. The molecule has 1 atom stereocenters. The topological polar surface area (TPSA) is 72.5 Å². The van der Waals surface area contributed by atoms with Gasteiger partial charge in [-0.15, -0.1) is 0 Å². The van der Waals surface area contributed by atoms with Crippen LogP contribution in [0.15, 0.2) is 54.6 Å². The minimum atomic E-state index is -0.810. The molecule has 0 radical (unpaired) electrons. The summed E-state index contributed by atoms with van der Waals surface area (Å²) in [5, 5.41) is 0. The van der Waals surface area contributed by atoms with Gasteiger partial charge in [0.15, 0.2) is 17.6 Å². The Kier molecular flexibility index (Phi) is 9.62. The molecule has 1 aliphatic heterocycles. The molecule has 0 saturated carbocycles. The molecule has 162 valence electrons. The van der Waals surface area contributed by atoms with Gasteiger partial charge in [0.25, 0.3) is 0 Å². The van der Waals surface area contributed by atoms with Gasteiger partial charge in [-0.05, 0) is 12.1 Å². The molecule has 0 aromatic heterocycles. The van der Waals surface area contributed by atoms with Gasteiger partial charge in [0.1, 0.15) is 6.61 Å². The van der Waals surface area contributed by atoms with Crippen LogP contribution in [0.4, 0.5) is 0 Å². The first kappa shape index (κ1) is 22.2. The number of Topliss-reactive ketones (excluding diaryl/α,β-unsaturated/α-hetero) is 1. The van der Waals surface area contributed by atoms with Crippen molar-refractivity contribution in [3.63, 3.8) is 0 Å². The van der Waals surface area contributed by atoms with E-state index in [0.29, 0.717) is 69.9 Å². The maximum Gasteiger partial charge on any atom is 0.205 e. The van der Waals surface area contributed by atoms with E-state index in [-0.39, 0.29) is 12.4 Å². The normalized spacial score (nSPS) is 19.9. The van der Waals surface area contributed by atoms with Crippen molar-refractivity contribution >= 4 is 5.78 Å². The number of carbonyl (C=O) groups is 1. The summed E-state index contributed by atoms with van der Waals surface area (Å²) < 4.78 is 34.0. The van der Waals surface area contributed by atoms with E-state index in [4.69, 9.17) is 28.4 Å². The number of hydrogen-bond acceptors (Lipinski definition) is 7. The van der Waals surface area contributed by atoms with Crippen LogP contribution < -0.4 is 9.47 Å². The molecular formula is C23H28O7. The second kappa shape index (κ2) is 13.0. The SMILES string of the molecule is O=C(c1ccccc1)C1COCCOCCOCCOCCOc2ccccc2O1. The van der Waals surface area contributed by atoms with Gasteiger partial charge < -0.3 is 28.4 Å². The molecule has 0 saturated heterocycles. The van der Waals surface area contributed by atoms with Crippen LogP contribution in [0.25, 0.3) is 0 Å². The Balaban J connectivity index is 1.71. The lowest BCUT2D eigenvalue weighted by Crippen LogP contribution is -2.33. The molecule has 0 aliphatic carbocycles. The highest BCUT2D eigenvalue weighted by Gasteiger charge is 2.24. The largest absolute Gasteiger partial charge is 0.487 e. The summed E-state index contributed by atoms with van der Waals surface area (Å²) in [6.45, 7) is 3.59. The molecule has 2 aromatic rings. The van der Waals surface area contributed by atoms with E-state index in [1.54, 1.807) is 24.3 Å². The predicted octanol–water partition coefficient (Wildman–Crippen LogP) is 2.78. The van der Waals surface area contributed by atoms with Crippen molar-refractivity contribution in [2.24, 2.45) is 0 Å². The third kappa shape index (κ3) is 7.42. The van der Waals surface area contributed by atoms with Gasteiger partial charge in [0.2, 0.25) is 5.78 Å². The Morgan fingerprint density at radius 1 is 0.633 bits per heavy atom. The Labute approximate surface area is 176 Å². The Bertz CT molecular complexity index is 750. The lowest BCUT2D eigenvalue weighted by Gasteiger charge is -2.20. The fourth-order valence-electron chi connectivity index (χ4n) is 2.83. The van der Waals surface area contributed by atoms with E-state index in [0.717, 1.165) is 0 Å². The fraction of sp³-hybridized carbons (Fsp3) is 0.435. The summed E-state index contributed by atoms with van der Waals surface area (Å²) in [5.41, 5.74) is 0.563. The minimum Gasteiger partial charge on any atom is -0.487 e. The van der Waals surface area contributed by atoms with Crippen molar-refractivity contribution < 1.29 is 33.2 Å². The Morgan fingerprint density at radius 2 is 1.17 bits per heavy atom. The molecule has 7 heteroatoms. The standard InChI is InChI=1S/C23H28O7/c24-23(19-6-2-1-3-7-19)22-18-28-15-14-26-11-10-25-12-13-27-16-17-29-20-8-4-5-9-21(20)30-22/h1-9,22H,10-18H2. The second-order valence-electron chi connectivity index (χ2n) is 6.54.